The summed E-state index contributed by atoms with van der Waals surface area (Å²) in [7, 11) is 0. The Hall–Kier alpha value is -2.80. The molecule has 0 radical (unpaired) electrons. The molecule has 1 aromatic heterocycles. The quantitative estimate of drug-likeness (QED) is 0.563. The lowest BCUT2D eigenvalue weighted by atomic mass is 10.2. The first-order valence-corrected chi connectivity index (χ1v) is 7.23. The average Bonchev–Trinajstić information content (AvgIpc) is 2.89. The SMILES string of the molecule is N/C(=N\C(N)=N\c1nc2ccccc2s1)c1cccc(F)c1. The van der Waals surface area contributed by atoms with Crippen LogP contribution in [0.25, 0.3) is 10.2 Å². The Morgan fingerprint density at radius 3 is 2.68 bits per heavy atom. The number of halogens is 1. The van der Waals surface area contributed by atoms with Crippen LogP contribution in [-0.2, 0) is 0 Å². The zero-order valence-corrected chi connectivity index (χ0v) is 12.2. The van der Waals surface area contributed by atoms with Crippen molar-refractivity contribution in [3.63, 3.8) is 0 Å². The Bertz CT molecular complexity index is 851. The molecule has 0 fully saturated rings. The number of nitrogens with zero attached hydrogens (tertiary/aromatic N) is 3. The third-order valence-electron chi connectivity index (χ3n) is 2.85. The van der Waals surface area contributed by atoms with Crippen LogP contribution in [0.5, 0.6) is 0 Å². The lowest BCUT2D eigenvalue weighted by molar-refractivity contribution is 0.627. The molecule has 0 aliphatic carbocycles. The molecule has 0 atom stereocenters. The minimum Gasteiger partial charge on any atom is -0.383 e. The van der Waals surface area contributed by atoms with Gasteiger partial charge in [0.05, 0.1) is 10.2 Å². The Balaban J connectivity index is 1.89. The number of aromatic nitrogens is 1. The van der Waals surface area contributed by atoms with Gasteiger partial charge in [0, 0.05) is 5.56 Å². The van der Waals surface area contributed by atoms with Crippen molar-refractivity contribution in [2.24, 2.45) is 21.5 Å². The number of amidine groups is 1. The first-order valence-electron chi connectivity index (χ1n) is 6.41. The largest absolute Gasteiger partial charge is 0.383 e. The van der Waals surface area contributed by atoms with E-state index in [4.69, 9.17) is 11.5 Å². The van der Waals surface area contributed by atoms with Gasteiger partial charge in [-0.3, -0.25) is 0 Å². The van der Waals surface area contributed by atoms with Gasteiger partial charge in [0.1, 0.15) is 11.7 Å². The van der Waals surface area contributed by atoms with Gasteiger partial charge in [-0.25, -0.2) is 9.37 Å². The van der Waals surface area contributed by atoms with E-state index in [-0.39, 0.29) is 11.8 Å². The molecule has 0 aliphatic heterocycles. The number of fused-ring (bicyclic) bond motifs is 1. The second-order valence-electron chi connectivity index (χ2n) is 4.44. The molecule has 7 heteroatoms. The number of hydrogen-bond acceptors (Lipinski definition) is 3. The van der Waals surface area contributed by atoms with E-state index in [0.29, 0.717) is 10.7 Å². The van der Waals surface area contributed by atoms with Crippen molar-refractivity contribution >= 4 is 38.5 Å². The molecule has 0 bridgehead atoms. The van der Waals surface area contributed by atoms with Gasteiger partial charge in [0.15, 0.2) is 0 Å². The summed E-state index contributed by atoms with van der Waals surface area (Å²) in [6, 6.07) is 13.5. The van der Waals surface area contributed by atoms with E-state index in [1.54, 1.807) is 12.1 Å². The van der Waals surface area contributed by atoms with Gasteiger partial charge in [-0.15, -0.1) is 0 Å². The molecule has 0 amide bonds. The van der Waals surface area contributed by atoms with Gasteiger partial charge < -0.3 is 11.5 Å². The van der Waals surface area contributed by atoms with E-state index in [9.17, 15) is 4.39 Å². The Kier molecular flexibility index (Phi) is 3.80. The molecule has 0 saturated carbocycles. The highest BCUT2D eigenvalue weighted by Crippen LogP contribution is 2.27. The van der Waals surface area contributed by atoms with Crippen LogP contribution in [0.3, 0.4) is 0 Å². The highest BCUT2D eigenvalue weighted by Gasteiger charge is 2.04. The van der Waals surface area contributed by atoms with E-state index in [1.165, 1.54) is 23.5 Å². The fraction of sp³-hybridized carbons (Fsp3) is 0. The third-order valence-corrected chi connectivity index (χ3v) is 3.78. The number of benzene rings is 2. The highest BCUT2D eigenvalue weighted by atomic mass is 32.1. The summed E-state index contributed by atoms with van der Waals surface area (Å²) in [6.07, 6.45) is 0. The van der Waals surface area contributed by atoms with Gasteiger partial charge in [0.2, 0.25) is 11.1 Å². The molecule has 5 nitrogen and oxygen atoms in total. The maximum absolute atomic E-state index is 13.1. The molecule has 1 heterocycles. The summed E-state index contributed by atoms with van der Waals surface area (Å²) in [4.78, 5) is 12.4. The number of thiazole rings is 1. The zero-order valence-electron chi connectivity index (χ0n) is 11.4. The zero-order chi connectivity index (χ0) is 15.5. The van der Waals surface area contributed by atoms with E-state index >= 15 is 0 Å². The van der Waals surface area contributed by atoms with Crippen molar-refractivity contribution in [3.8, 4) is 0 Å². The van der Waals surface area contributed by atoms with E-state index in [0.717, 1.165) is 10.2 Å². The number of rotatable bonds is 2. The lowest BCUT2D eigenvalue weighted by Crippen LogP contribution is -2.19. The molecule has 2 aromatic carbocycles. The van der Waals surface area contributed by atoms with Gasteiger partial charge in [-0.2, -0.15) is 9.98 Å². The van der Waals surface area contributed by atoms with Crippen LogP contribution < -0.4 is 11.5 Å². The number of aliphatic imine (C=N–C) groups is 2. The van der Waals surface area contributed by atoms with Crippen molar-refractivity contribution in [3.05, 3.63) is 59.9 Å². The average molecular weight is 313 g/mol. The molecule has 0 spiro atoms. The topological polar surface area (TPSA) is 89.6 Å². The van der Waals surface area contributed by atoms with Gasteiger partial charge in [-0.1, -0.05) is 35.6 Å². The smallest absolute Gasteiger partial charge is 0.224 e. The summed E-state index contributed by atoms with van der Waals surface area (Å²) in [6.45, 7) is 0. The number of guanidine groups is 1. The maximum Gasteiger partial charge on any atom is 0.224 e. The molecule has 3 rings (SSSR count). The fourth-order valence-corrected chi connectivity index (χ4v) is 2.71. The molecular formula is C15H12FN5S. The minimum atomic E-state index is -0.391. The normalized spacial score (nSPS) is 12.8. The van der Waals surface area contributed by atoms with E-state index < -0.39 is 5.82 Å². The first-order chi connectivity index (χ1) is 10.6. The molecular weight excluding hydrogens is 301 g/mol. The van der Waals surface area contributed by atoms with E-state index in [1.807, 2.05) is 24.3 Å². The maximum atomic E-state index is 13.1. The Morgan fingerprint density at radius 1 is 1.09 bits per heavy atom. The van der Waals surface area contributed by atoms with Crippen LogP contribution in [-0.4, -0.2) is 16.8 Å². The standard InChI is InChI=1S/C15H12FN5S/c16-10-5-3-4-9(8-10)13(17)20-14(18)21-15-19-11-6-1-2-7-12(11)22-15/h1-8H,(H4,17,18,19,20,21). The lowest BCUT2D eigenvalue weighted by Gasteiger charge is -2.00. The minimum absolute atomic E-state index is 0.0270. The molecule has 0 saturated heterocycles. The number of para-hydroxylation sites is 1. The number of hydrogen-bond donors (Lipinski definition) is 2. The van der Waals surface area contributed by atoms with Crippen LogP contribution >= 0.6 is 11.3 Å². The van der Waals surface area contributed by atoms with Crippen molar-refractivity contribution in [1.29, 1.82) is 0 Å². The van der Waals surface area contributed by atoms with Crippen LogP contribution in [0.2, 0.25) is 0 Å². The van der Waals surface area contributed by atoms with Crippen molar-refractivity contribution < 1.29 is 4.39 Å². The van der Waals surface area contributed by atoms with Crippen LogP contribution in [0.1, 0.15) is 5.56 Å². The second kappa shape index (κ2) is 5.90. The first kappa shape index (κ1) is 14.2. The van der Waals surface area contributed by atoms with Crippen molar-refractivity contribution in [1.82, 2.24) is 4.98 Å². The monoisotopic (exact) mass is 313 g/mol. The molecule has 0 unspecified atom stereocenters. The molecule has 110 valence electrons. The second-order valence-corrected chi connectivity index (χ2v) is 5.45. The number of nitrogens with two attached hydrogens (primary N) is 2. The van der Waals surface area contributed by atoms with Gasteiger partial charge in [0.25, 0.3) is 0 Å². The van der Waals surface area contributed by atoms with Crippen molar-refractivity contribution in [2.75, 3.05) is 0 Å². The molecule has 22 heavy (non-hydrogen) atoms. The summed E-state index contributed by atoms with van der Waals surface area (Å²) in [5.74, 6) is -0.319. The van der Waals surface area contributed by atoms with Crippen LogP contribution in [0.4, 0.5) is 9.52 Å². The molecule has 0 aliphatic rings. The van der Waals surface area contributed by atoms with Crippen molar-refractivity contribution in [2.45, 2.75) is 0 Å². The fourth-order valence-electron chi connectivity index (χ4n) is 1.87. The summed E-state index contributed by atoms with van der Waals surface area (Å²) in [5.41, 5.74) is 12.9. The molecule has 3 aromatic rings. The molecule has 4 N–H and O–H groups in total. The van der Waals surface area contributed by atoms with Gasteiger partial charge >= 0.3 is 0 Å². The van der Waals surface area contributed by atoms with Crippen LogP contribution in [0, 0.1) is 5.82 Å². The van der Waals surface area contributed by atoms with Gasteiger partial charge in [-0.05, 0) is 24.3 Å². The predicted molar refractivity (Wildman–Crippen MR) is 88.0 cm³/mol. The van der Waals surface area contributed by atoms with Crippen LogP contribution in [0.15, 0.2) is 58.5 Å². The third kappa shape index (κ3) is 3.09. The Labute approximate surface area is 129 Å². The summed E-state index contributed by atoms with van der Waals surface area (Å²) >= 11 is 1.40. The summed E-state index contributed by atoms with van der Waals surface area (Å²) in [5, 5.41) is 0.495. The Morgan fingerprint density at radius 2 is 1.91 bits per heavy atom. The highest BCUT2D eigenvalue weighted by molar-refractivity contribution is 7.22. The van der Waals surface area contributed by atoms with E-state index in [2.05, 4.69) is 15.0 Å². The summed E-state index contributed by atoms with van der Waals surface area (Å²) < 4.78 is 14.2. The predicted octanol–water partition coefficient (Wildman–Crippen LogP) is 2.79.